The average molecular weight is 257 g/mol. The zero-order chi connectivity index (χ0) is 13.3. The fraction of sp³-hybridized carbons (Fsp3) is 0.100. The molecule has 0 saturated carbocycles. The van der Waals surface area contributed by atoms with E-state index in [0.29, 0.717) is 0 Å². The summed E-state index contributed by atoms with van der Waals surface area (Å²) in [4.78, 5) is 13.8. The van der Waals surface area contributed by atoms with E-state index in [1.165, 1.54) is 24.3 Å². The van der Waals surface area contributed by atoms with Crippen molar-refractivity contribution in [2.24, 2.45) is 0 Å². The van der Waals surface area contributed by atoms with E-state index in [0.717, 1.165) is 0 Å². The summed E-state index contributed by atoms with van der Waals surface area (Å²) in [6.45, 7) is 0. The van der Waals surface area contributed by atoms with Gasteiger partial charge in [-0.15, -0.1) is 0 Å². The van der Waals surface area contributed by atoms with Crippen molar-refractivity contribution in [2.45, 2.75) is 6.18 Å². The third-order valence-electron chi connectivity index (χ3n) is 2.06. The number of carboxylic acid groups (broad SMARTS) is 1. The molecule has 1 aromatic carbocycles. The first-order chi connectivity index (χ1) is 8.38. The summed E-state index contributed by atoms with van der Waals surface area (Å²) in [6, 6.07) is 5.07. The van der Waals surface area contributed by atoms with Crippen LogP contribution in [0.1, 0.15) is 16.2 Å². The van der Waals surface area contributed by atoms with E-state index in [9.17, 15) is 18.0 Å². The summed E-state index contributed by atoms with van der Waals surface area (Å²) in [5, 5.41) is 11.8. The molecule has 0 unspecified atom stereocenters. The molecule has 5 nitrogen and oxygen atoms in total. The Bertz CT molecular complexity index is 575. The molecule has 0 spiro atoms. The lowest BCUT2D eigenvalue weighted by molar-refractivity contribution is -0.159. The maximum absolute atomic E-state index is 12.2. The molecule has 94 valence electrons. The minimum Gasteiger partial charge on any atom is -0.478 e. The number of rotatable bonds is 2. The van der Waals surface area contributed by atoms with Crippen LogP contribution in [0.15, 0.2) is 28.8 Å². The van der Waals surface area contributed by atoms with Gasteiger partial charge in [0.15, 0.2) is 0 Å². The fourth-order valence-corrected chi connectivity index (χ4v) is 1.22. The molecule has 1 heterocycles. The van der Waals surface area contributed by atoms with Gasteiger partial charge in [0, 0.05) is 5.56 Å². The molecule has 0 amide bonds. The van der Waals surface area contributed by atoms with Gasteiger partial charge in [-0.1, -0.05) is 17.3 Å². The molecule has 0 aliphatic rings. The molecule has 1 aromatic heterocycles. The van der Waals surface area contributed by atoms with E-state index in [1.807, 2.05) is 0 Å². The first kappa shape index (κ1) is 12.1. The van der Waals surface area contributed by atoms with Crippen molar-refractivity contribution < 1.29 is 27.6 Å². The van der Waals surface area contributed by atoms with Crippen molar-refractivity contribution in [3.8, 4) is 11.4 Å². The van der Waals surface area contributed by atoms with E-state index in [-0.39, 0.29) is 17.0 Å². The van der Waals surface area contributed by atoms with Crippen molar-refractivity contribution in [1.82, 2.24) is 10.1 Å². The lowest BCUT2D eigenvalue weighted by Gasteiger charge is -1.97. The van der Waals surface area contributed by atoms with Crippen molar-refractivity contribution in [2.75, 3.05) is 0 Å². The van der Waals surface area contributed by atoms with Crippen LogP contribution >= 0.6 is 0 Å². The predicted molar refractivity (Wildman–Crippen MR) is 51.7 cm³/mol. The Balaban J connectivity index is 2.32. The molecule has 0 fully saturated rings. The van der Waals surface area contributed by atoms with E-state index in [4.69, 9.17) is 5.11 Å². The maximum atomic E-state index is 12.2. The second kappa shape index (κ2) is 4.13. The highest BCUT2D eigenvalue weighted by molar-refractivity contribution is 5.88. The molecule has 0 radical (unpaired) electrons. The fourth-order valence-electron chi connectivity index (χ4n) is 1.22. The standard InChI is InChI=1S/C10H5F3N2O3/c11-10(12,13)9-14-7(15-18-9)5-1-3-6(4-2-5)8(16)17/h1-4H,(H,16,17)/i11-1. The third-order valence-corrected chi connectivity index (χ3v) is 2.06. The van der Waals surface area contributed by atoms with Gasteiger partial charge < -0.3 is 9.63 Å². The molecule has 8 heteroatoms. The summed E-state index contributed by atoms with van der Waals surface area (Å²) >= 11 is 0. The Morgan fingerprint density at radius 3 is 2.28 bits per heavy atom. The number of hydrogen-bond donors (Lipinski definition) is 1. The molecule has 2 aromatic rings. The number of alkyl halides is 3. The number of benzene rings is 1. The second-order valence-electron chi connectivity index (χ2n) is 3.30. The quantitative estimate of drug-likeness (QED) is 0.894. The van der Waals surface area contributed by atoms with E-state index in [1.54, 1.807) is 0 Å². The topological polar surface area (TPSA) is 76.2 Å². The molecule has 0 atom stereocenters. The zero-order valence-corrected chi connectivity index (χ0v) is 8.60. The summed E-state index contributed by atoms with van der Waals surface area (Å²) in [5.41, 5.74) is 0.248. The number of aromatic carboxylic acids is 1. The Labute approximate surface area is 97.9 Å². The van der Waals surface area contributed by atoms with Gasteiger partial charge >= 0.3 is 18.0 Å². The first-order valence-electron chi connectivity index (χ1n) is 4.62. The molecule has 1 N–H and O–H groups in total. The van der Waals surface area contributed by atoms with Gasteiger partial charge in [-0.2, -0.15) is 18.2 Å². The molecule has 2 rings (SSSR count). The highest BCUT2D eigenvalue weighted by Gasteiger charge is 2.38. The largest absolute Gasteiger partial charge is 0.478 e. The molecule has 0 bridgehead atoms. The van der Waals surface area contributed by atoms with Crippen LogP contribution in [0, 0.1) is 0 Å². The first-order valence-corrected chi connectivity index (χ1v) is 4.62. The van der Waals surface area contributed by atoms with Crippen LogP contribution in [0.2, 0.25) is 0 Å². The summed E-state index contributed by atoms with van der Waals surface area (Å²) in [5.74, 6) is -2.83. The number of hydrogen-bond acceptors (Lipinski definition) is 4. The SMILES string of the molecule is O=C(O)c1ccc(-c2noc(C(F)(F)[18F])n2)cc1. The van der Waals surface area contributed by atoms with Crippen molar-refractivity contribution >= 4 is 5.97 Å². The molecule has 0 aliphatic carbocycles. The van der Waals surface area contributed by atoms with Gasteiger partial charge in [0.1, 0.15) is 0 Å². The smallest absolute Gasteiger partial charge is 0.471 e. The van der Waals surface area contributed by atoms with E-state index >= 15 is 0 Å². The Morgan fingerprint density at radius 1 is 1.22 bits per heavy atom. The molecule has 0 saturated heterocycles. The highest BCUT2D eigenvalue weighted by Crippen LogP contribution is 2.29. The molecule has 18 heavy (non-hydrogen) atoms. The zero-order valence-electron chi connectivity index (χ0n) is 8.60. The van der Waals surface area contributed by atoms with Crippen molar-refractivity contribution in [1.29, 1.82) is 0 Å². The van der Waals surface area contributed by atoms with Gasteiger partial charge in [-0.05, 0) is 12.1 Å². The third kappa shape index (κ3) is 2.31. The molecular formula is C10H5F3N2O3. The average Bonchev–Trinajstić information content (AvgIpc) is 2.78. The van der Waals surface area contributed by atoms with Crippen molar-refractivity contribution in [3.63, 3.8) is 0 Å². The number of nitrogens with zero attached hydrogens (tertiary/aromatic N) is 2. The van der Waals surface area contributed by atoms with Gasteiger partial charge in [-0.3, -0.25) is 0 Å². The van der Waals surface area contributed by atoms with Gasteiger partial charge in [0.25, 0.3) is 0 Å². The van der Waals surface area contributed by atoms with Crippen LogP contribution in [0.5, 0.6) is 0 Å². The van der Waals surface area contributed by atoms with Crippen LogP contribution in [-0.2, 0) is 6.18 Å². The Morgan fingerprint density at radius 2 is 1.83 bits per heavy atom. The predicted octanol–water partition coefficient (Wildman–Crippen LogP) is 2.45. The number of carbonyl (C=O) groups is 1. The van der Waals surface area contributed by atoms with Crippen LogP contribution in [0.4, 0.5) is 13.2 Å². The summed E-state index contributed by atoms with van der Waals surface area (Å²) in [6.07, 6.45) is -4.70. The van der Waals surface area contributed by atoms with Crippen LogP contribution in [-0.4, -0.2) is 21.2 Å². The number of halogens is 3. The van der Waals surface area contributed by atoms with E-state index < -0.39 is 18.0 Å². The number of aromatic nitrogens is 2. The molecular weight excluding hydrogens is 252 g/mol. The Hall–Kier alpha value is -2.38. The minimum atomic E-state index is -4.70. The van der Waals surface area contributed by atoms with Crippen LogP contribution < -0.4 is 0 Å². The van der Waals surface area contributed by atoms with Crippen molar-refractivity contribution in [3.05, 3.63) is 35.7 Å². The normalized spacial score (nSPS) is 11.5. The van der Waals surface area contributed by atoms with Crippen LogP contribution in [0.25, 0.3) is 11.4 Å². The van der Waals surface area contributed by atoms with E-state index in [2.05, 4.69) is 14.7 Å². The highest BCUT2D eigenvalue weighted by atomic mass is 19.3. The molecule has 0 aliphatic heterocycles. The Kier molecular flexibility index (Phi) is 2.77. The lowest BCUT2D eigenvalue weighted by atomic mass is 10.1. The summed E-state index contributed by atoms with van der Waals surface area (Å²) < 4.78 is 40.7. The van der Waals surface area contributed by atoms with Gasteiger partial charge in [-0.25, -0.2) is 4.79 Å². The monoisotopic (exact) mass is 257 g/mol. The van der Waals surface area contributed by atoms with Gasteiger partial charge in [0.2, 0.25) is 5.82 Å². The lowest BCUT2D eigenvalue weighted by Crippen LogP contribution is -2.04. The second-order valence-corrected chi connectivity index (χ2v) is 3.30. The van der Waals surface area contributed by atoms with Gasteiger partial charge in [0.05, 0.1) is 5.56 Å². The number of carboxylic acids is 1. The summed E-state index contributed by atoms with van der Waals surface area (Å²) in [7, 11) is 0. The van der Waals surface area contributed by atoms with Crippen LogP contribution in [0.3, 0.4) is 0 Å². The maximum Gasteiger partial charge on any atom is 0.471 e. The minimum absolute atomic E-state index is 0.0123.